The molecule has 0 aliphatic carbocycles. The number of urea groups is 1. The van der Waals surface area contributed by atoms with E-state index in [1.165, 1.54) is 18.3 Å². The van der Waals surface area contributed by atoms with E-state index < -0.39 is 35.9 Å². The van der Waals surface area contributed by atoms with Gasteiger partial charge >= 0.3 is 18.2 Å². The van der Waals surface area contributed by atoms with Gasteiger partial charge in [-0.25, -0.2) is 4.79 Å². The fourth-order valence-electron chi connectivity index (χ4n) is 2.24. The fourth-order valence-corrected chi connectivity index (χ4v) is 3.06. The third kappa shape index (κ3) is 2.75. The van der Waals surface area contributed by atoms with Gasteiger partial charge in [0, 0.05) is 4.88 Å². The predicted molar refractivity (Wildman–Crippen MR) is 69.9 cm³/mol. The molecule has 10 heteroatoms. The molecule has 0 bridgehead atoms. The quantitative estimate of drug-likeness (QED) is 0.730. The lowest BCUT2D eigenvalue weighted by Gasteiger charge is -2.43. The maximum Gasteiger partial charge on any atom is 0.437 e. The molecule has 3 N–H and O–H groups in total. The molecule has 1 saturated heterocycles. The van der Waals surface area contributed by atoms with Crippen molar-refractivity contribution in [2.45, 2.75) is 24.9 Å². The predicted octanol–water partition coefficient (Wildman–Crippen LogP) is 1.53. The molecule has 0 unspecified atom stereocenters. The summed E-state index contributed by atoms with van der Waals surface area (Å²) in [5.41, 5.74) is -3.71. The van der Waals surface area contributed by atoms with Crippen LogP contribution in [0.1, 0.15) is 17.8 Å². The third-order valence-corrected chi connectivity index (χ3v) is 4.15. The standard InChI is InChI=1S/C12H13F3N2O4S/c1-2-21-9(18)7-8(6-4-3-5-22-6)16-10(19)17-11(7,20)12(13,14)15/h3-5,7-8,20H,2H2,1H3,(H2,16,17,19)/t7-,8-,11+/m0/s1. The number of ether oxygens (including phenoxy) is 1. The number of amides is 2. The van der Waals surface area contributed by atoms with Gasteiger partial charge in [-0.3, -0.25) is 4.79 Å². The zero-order valence-corrected chi connectivity index (χ0v) is 12.1. The molecular formula is C12H13F3N2O4S. The van der Waals surface area contributed by atoms with Gasteiger partial charge in [-0.1, -0.05) is 6.07 Å². The van der Waals surface area contributed by atoms with Gasteiger partial charge < -0.3 is 20.5 Å². The minimum Gasteiger partial charge on any atom is -0.466 e. The average molecular weight is 338 g/mol. The number of halogens is 3. The molecule has 2 amide bonds. The number of nitrogens with one attached hydrogen (secondary N) is 2. The number of thiophene rings is 1. The Kier molecular flexibility index (Phi) is 4.34. The number of carbonyl (C=O) groups is 2. The van der Waals surface area contributed by atoms with Crippen LogP contribution in [0.15, 0.2) is 17.5 Å². The van der Waals surface area contributed by atoms with Crippen LogP contribution in [0.25, 0.3) is 0 Å². The van der Waals surface area contributed by atoms with Gasteiger partial charge in [-0.05, 0) is 18.4 Å². The van der Waals surface area contributed by atoms with Gasteiger partial charge in [0.25, 0.3) is 5.72 Å². The van der Waals surface area contributed by atoms with Crippen LogP contribution in [-0.4, -0.2) is 35.6 Å². The Morgan fingerprint density at radius 2 is 2.23 bits per heavy atom. The summed E-state index contributed by atoms with van der Waals surface area (Å²) in [5, 5.41) is 15.2. The fraction of sp³-hybridized carbons (Fsp3) is 0.500. The number of aliphatic hydroxyl groups is 1. The van der Waals surface area contributed by atoms with Crippen LogP contribution in [0.5, 0.6) is 0 Å². The first-order valence-corrected chi connectivity index (χ1v) is 7.16. The third-order valence-electron chi connectivity index (χ3n) is 3.20. The Balaban J connectivity index is 2.51. The molecule has 6 nitrogen and oxygen atoms in total. The number of carbonyl (C=O) groups excluding carboxylic acids is 2. The van der Waals surface area contributed by atoms with E-state index in [-0.39, 0.29) is 6.61 Å². The highest BCUT2D eigenvalue weighted by Gasteiger charge is 2.67. The number of hydrogen-bond acceptors (Lipinski definition) is 5. The lowest BCUT2D eigenvalue weighted by atomic mass is 9.84. The van der Waals surface area contributed by atoms with Crippen molar-refractivity contribution in [1.29, 1.82) is 0 Å². The van der Waals surface area contributed by atoms with Gasteiger partial charge in [-0.2, -0.15) is 13.2 Å². The second-order valence-electron chi connectivity index (χ2n) is 4.59. The number of rotatable bonds is 3. The Labute approximate surface area is 127 Å². The summed E-state index contributed by atoms with van der Waals surface area (Å²) >= 11 is 1.05. The van der Waals surface area contributed by atoms with E-state index in [1.807, 2.05) is 0 Å². The zero-order chi connectivity index (χ0) is 16.5. The van der Waals surface area contributed by atoms with E-state index >= 15 is 0 Å². The van der Waals surface area contributed by atoms with Crippen molar-refractivity contribution in [3.63, 3.8) is 0 Å². The summed E-state index contributed by atoms with van der Waals surface area (Å²) in [6.45, 7) is 1.27. The van der Waals surface area contributed by atoms with Gasteiger partial charge in [-0.15, -0.1) is 11.3 Å². The van der Waals surface area contributed by atoms with E-state index in [9.17, 15) is 27.9 Å². The molecule has 1 fully saturated rings. The van der Waals surface area contributed by atoms with E-state index in [2.05, 4.69) is 10.1 Å². The normalized spacial score (nSPS) is 28.7. The van der Waals surface area contributed by atoms with Crippen molar-refractivity contribution in [3.8, 4) is 0 Å². The monoisotopic (exact) mass is 338 g/mol. The van der Waals surface area contributed by atoms with Crippen LogP contribution < -0.4 is 10.6 Å². The van der Waals surface area contributed by atoms with E-state index in [0.29, 0.717) is 4.88 Å². The Morgan fingerprint density at radius 1 is 1.55 bits per heavy atom. The molecule has 2 heterocycles. The van der Waals surface area contributed by atoms with E-state index in [1.54, 1.807) is 11.4 Å². The van der Waals surface area contributed by atoms with Crippen LogP contribution in [0.2, 0.25) is 0 Å². The Morgan fingerprint density at radius 3 is 2.73 bits per heavy atom. The highest BCUT2D eigenvalue weighted by atomic mass is 32.1. The highest BCUT2D eigenvalue weighted by Crippen LogP contribution is 2.43. The summed E-state index contributed by atoms with van der Waals surface area (Å²) in [7, 11) is 0. The minimum absolute atomic E-state index is 0.158. The van der Waals surface area contributed by atoms with Crippen molar-refractivity contribution < 1.29 is 32.6 Å². The summed E-state index contributed by atoms with van der Waals surface area (Å²) in [6.07, 6.45) is -5.25. The van der Waals surface area contributed by atoms with Crippen LogP contribution in [0, 0.1) is 5.92 Å². The molecular weight excluding hydrogens is 325 g/mol. The summed E-state index contributed by atoms with van der Waals surface area (Å²) < 4.78 is 44.5. The van der Waals surface area contributed by atoms with E-state index in [4.69, 9.17) is 0 Å². The van der Waals surface area contributed by atoms with Crippen molar-refractivity contribution in [1.82, 2.24) is 10.6 Å². The summed E-state index contributed by atoms with van der Waals surface area (Å²) in [6, 6.07) is 0.450. The van der Waals surface area contributed by atoms with Crippen molar-refractivity contribution in [2.75, 3.05) is 6.61 Å². The Hall–Kier alpha value is -1.81. The molecule has 0 aromatic carbocycles. The number of alkyl halides is 3. The van der Waals surface area contributed by atoms with Crippen molar-refractivity contribution in [2.24, 2.45) is 5.92 Å². The average Bonchev–Trinajstić information content (AvgIpc) is 2.90. The molecule has 1 aliphatic rings. The summed E-state index contributed by atoms with van der Waals surface area (Å²) in [4.78, 5) is 23.8. The Bertz CT molecular complexity index is 563. The molecule has 1 aromatic heterocycles. The second-order valence-corrected chi connectivity index (χ2v) is 5.56. The molecule has 1 aromatic rings. The van der Waals surface area contributed by atoms with Gasteiger partial charge in [0.05, 0.1) is 12.6 Å². The lowest BCUT2D eigenvalue weighted by molar-refractivity contribution is -0.294. The van der Waals surface area contributed by atoms with Crippen LogP contribution >= 0.6 is 11.3 Å². The van der Waals surface area contributed by atoms with Crippen LogP contribution in [-0.2, 0) is 9.53 Å². The van der Waals surface area contributed by atoms with Gasteiger partial charge in [0.1, 0.15) is 5.92 Å². The molecule has 22 heavy (non-hydrogen) atoms. The van der Waals surface area contributed by atoms with E-state index in [0.717, 1.165) is 11.3 Å². The molecule has 3 atom stereocenters. The minimum atomic E-state index is -5.25. The molecule has 1 aliphatic heterocycles. The zero-order valence-electron chi connectivity index (χ0n) is 11.3. The maximum absolute atomic E-state index is 13.3. The van der Waals surface area contributed by atoms with Gasteiger partial charge in [0.15, 0.2) is 0 Å². The highest BCUT2D eigenvalue weighted by molar-refractivity contribution is 7.10. The molecule has 0 radical (unpaired) electrons. The summed E-state index contributed by atoms with van der Waals surface area (Å²) in [5.74, 6) is -3.32. The van der Waals surface area contributed by atoms with Gasteiger partial charge in [0.2, 0.25) is 0 Å². The van der Waals surface area contributed by atoms with Crippen LogP contribution in [0.3, 0.4) is 0 Å². The smallest absolute Gasteiger partial charge is 0.437 e. The number of hydrogen-bond donors (Lipinski definition) is 3. The topological polar surface area (TPSA) is 87.7 Å². The van der Waals surface area contributed by atoms with Crippen molar-refractivity contribution >= 4 is 23.3 Å². The number of esters is 1. The first kappa shape index (κ1) is 16.6. The van der Waals surface area contributed by atoms with Crippen LogP contribution in [0.4, 0.5) is 18.0 Å². The lowest BCUT2D eigenvalue weighted by Crippen LogP contribution is -2.73. The molecule has 2 rings (SSSR count). The largest absolute Gasteiger partial charge is 0.466 e. The molecule has 0 spiro atoms. The first-order valence-electron chi connectivity index (χ1n) is 6.28. The SMILES string of the molecule is CCOC(=O)[C@@H]1[C@H](c2cccs2)NC(=O)N[C@]1(O)C(F)(F)F. The second kappa shape index (κ2) is 5.76. The maximum atomic E-state index is 13.3. The molecule has 0 saturated carbocycles. The molecule has 122 valence electrons. The van der Waals surface area contributed by atoms with Crippen molar-refractivity contribution in [3.05, 3.63) is 22.4 Å². The first-order chi connectivity index (χ1) is 10.2.